The van der Waals surface area contributed by atoms with Crippen LogP contribution in [-0.4, -0.2) is 26.3 Å². The van der Waals surface area contributed by atoms with Crippen LogP contribution in [0.25, 0.3) is 0 Å². The maximum atomic E-state index is 12.2. The highest BCUT2D eigenvalue weighted by Crippen LogP contribution is 2.31. The minimum atomic E-state index is -0.928. The number of carbonyl (C=O) groups is 1. The topological polar surface area (TPSA) is 83.7 Å². The number of amides is 1. The first-order valence-electron chi connectivity index (χ1n) is 7.29. The van der Waals surface area contributed by atoms with Crippen molar-refractivity contribution in [2.45, 2.75) is 5.92 Å². The fourth-order valence-electron chi connectivity index (χ4n) is 2.14. The van der Waals surface area contributed by atoms with Gasteiger partial charge < -0.3 is 9.47 Å². The average molecular weight is 402 g/mol. The molecule has 0 bridgehead atoms. The number of nitrogens with one attached hydrogen (secondary N) is 1. The summed E-state index contributed by atoms with van der Waals surface area (Å²) in [6.07, 6.45) is 1.44. The fourth-order valence-corrected chi connectivity index (χ4v) is 2.67. The third-order valence-corrected chi connectivity index (χ3v) is 4.03. The predicted molar refractivity (Wildman–Crippen MR) is 97.8 cm³/mol. The SMILES string of the molecule is COc1cc(OC)c(/C=N\NC(=O)[C@@H](C#N)c2ccccc2)cc1Br. The normalized spacial score (nSPS) is 11.6. The van der Waals surface area contributed by atoms with E-state index in [1.807, 2.05) is 12.1 Å². The highest BCUT2D eigenvalue weighted by atomic mass is 79.9. The number of hydrogen-bond donors (Lipinski definition) is 1. The maximum Gasteiger partial charge on any atom is 0.261 e. The van der Waals surface area contributed by atoms with Crippen LogP contribution < -0.4 is 14.9 Å². The largest absolute Gasteiger partial charge is 0.496 e. The van der Waals surface area contributed by atoms with Gasteiger partial charge in [0.2, 0.25) is 0 Å². The third kappa shape index (κ3) is 4.58. The number of rotatable bonds is 6. The van der Waals surface area contributed by atoms with Crippen LogP contribution in [0.1, 0.15) is 17.0 Å². The molecule has 25 heavy (non-hydrogen) atoms. The van der Waals surface area contributed by atoms with Crippen LogP contribution in [0, 0.1) is 11.3 Å². The molecule has 2 aromatic rings. The predicted octanol–water partition coefficient (Wildman–Crippen LogP) is 3.22. The summed E-state index contributed by atoms with van der Waals surface area (Å²) >= 11 is 3.38. The van der Waals surface area contributed by atoms with Gasteiger partial charge in [-0.05, 0) is 27.6 Å². The molecule has 0 heterocycles. The first kappa shape index (κ1) is 18.5. The van der Waals surface area contributed by atoms with Crippen molar-refractivity contribution in [3.8, 4) is 17.6 Å². The van der Waals surface area contributed by atoms with Gasteiger partial charge in [0.15, 0.2) is 5.92 Å². The van der Waals surface area contributed by atoms with E-state index in [0.29, 0.717) is 22.6 Å². The summed E-state index contributed by atoms with van der Waals surface area (Å²) < 4.78 is 11.2. The van der Waals surface area contributed by atoms with Crippen molar-refractivity contribution in [2.75, 3.05) is 14.2 Å². The van der Waals surface area contributed by atoms with E-state index in [0.717, 1.165) is 4.47 Å². The smallest absolute Gasteiger partial charge is 0.261 e. The average Bonchev–Trinajstić information content (AvgIpc) is 2.63. The van der Waals surface area contributed by atoms with Gasteiger partial charge in [0.25, 0.3) is 5.91 Å². The fraction of sp³-hybridized carbons (Fsp3) is 0.167. The zero-order valence-corrected chi connectivity index (χ0v) is 15.3. The monoisotopic (exact) mass is 401 g/mol. The zero-order chi connectivity index (χ0) is 18.2. The van der Waals surface area contributed by atoms with Crippen molar-refractivity contribution in [1.82, 2.24) is 5.43 Å². The molecule has 0 saturated heterocycles. The second kappa shape index (κ2) is 8.85. The number of nitrogens with zero attached hydrogens (tertiary/aromatic N) is 2. The van der Waals surface area contributed by atoms with Crippen LogP contribution in [0.15, 0.2) is 52.0 Å². The second-order valence-electron chi connectivity index (χ2n) is 4.94. The molecule has 0 aliphatic carbocycles. The van der Waals surface area contributed by atoms with Crippen molar-refractivity contribution in [2.24, 2.45) is 5.10 Å². The van der Waals surface area contributed by atoms with Crippen molar-refractivity contribution in [3.05, 3.63) is 58.1 Å². The van der Waals surface area contributed by atoms with Crippen molar-refractivity contribution in [1.29, 1.82) is 5.26 Å². The summed E-state index contributed by atoms with van der Waals surface area (Å²) in [5, 5.41) is 13.2. The number of halogens is 1. The Labute approximate surface area is 154 Å². The molecule has 0 unspecified atom stereocenters. The Morgan fingerprint density at radius 2 is 1.92 bits per heavy atom. The number of carbonyl (C=O) groups excluding carboxylic acids is 1. The highest BCUT2D eigenvalue weighted by molar-refractivity contribution is 9.10. The van der Waals surface area contributed by atoms with E-state index >= 15 is 0 Å². The van der Waals surface area contributed by atoms with Gasteiger partial charge in [-0.2, -0.15) is 10.4 Å². The van der Waals surface area contributed by atoms with Gasteiger partial charge >= 0.3 is 0 Å². The van der Waals surface area contributed by atoms with Crippen LogP contribution >= 0.6 is 15.9 Å². The summed E-state index contributed by atoms with van der Waals surface area (Å²) in [5.41, 5.74) is 3.64. The standard InChI is InChI=1S/C18H16BrN3O3/c1-24-16-9-17(25-2)15(19)8-13(16)11-21-22-18(23)14(10-20)12-6-4-3-5-7-12/h3-9,11,14H,1-2H3,(H,22,23)/b21-11-/t14-/m0/s1. The van der Waals surface area contributed by atoms with Crippen LogP contribution in [0.5, 0.6) is 11.5 Å². The molecule has 6 nitrogen and oxygen atoms in total. The third-order valence-electron chi connectivity index (χ3n) is 3.41. The van der Waals surface area contributed by atoms with E-state index in [2.05, 4.69) is 26.5 Å². The first-order chi connectivity index (χ1) is 12.1. The summed E-state index contributed by atoms with van der Waals surface area (Å²) in [6.45, 7) is 0. The molecule has 0 saturated carbocycles. The Bertz CT molecular complexity index is 816. The molecule has 128 valence electrons. The van der Waals surface area contributed by atoms with Gasteiger partial charge in [0.1, 0.15) is 11.5 Å². The number of hydrogen-bond acceptors (Lipinski definition) is 5. The number of methoxy groups -OCH3 is 2. The van der Waals surface area contributed by atoms with Crippen LogP contribution in [0.4, 0.5) is 0 Å². The van der Waals surface area contributed by atoms with Gasteiger partial charge in [-0.15, -0.1) is 0 Å². The summed E-state index contributed by atoms with van der Waals surface area (Å²) in [5.74, 6) is -0.274. The quantitative estimate of drug-likeness (QED) is 0.594. The number of nitriles is 1. The zero-order valence-electron chi connectivity index (χ0n) is 13.7. The van der Waals surface area contributed by atoms with E-state index in [4.69, 9.17) is 9.47 Å². The lowest BCUT2D eigenvalue weighted by atomic mass is 10.0. The second-order valence-corrected chi connectivity index (χ2v) is 5.79. The number of ether oxygens (including phenoxy) is 2. The molecule has 1 amide bonds. The molecule has 0 aromatic heterocycles. The lowest BCUT2D eigenvalue weighted by Crippen LogP contribution is -2.24. The van der Waals surface area contributed by atoms with Crippen LogP contribution in [0.2, 0.25) is 0 Å². The van der Waals surface area contributed by atoms with Crippen molar-refractivity contribution in [3.63, 3.8) is 0 Å². The Balaban J connectivity index is 2.14. The van der Waals surface area contributed by atoms with Crippen molar-refractivity contribution < 1.29 is 14.3 Å². The molecule has 0 aliphatic rings. The first-order valence-corrected chi connectivity index (χ1v) is 8.09. The van der Waals surface area contributed by atoms with Gasteiger partial charge in [-0.1, -0.05) is 30.3 Å². The van der Waals surface area contributed by atoms with Crippen molar-refractivity contribution >= 4 is 28.1 Å². The summed E-state index contributed by atoms with van der Waals surface area (Å²) in [6, 6.07) is 14.3. The minimum absolute atomic E-state index is 0.503. The number of benzene rings is 2. The lowest BCUT2D eigenvalue weighted by Gasteiger charge is -2.10. The van der Waals surface area contributed by atoms with E-state index in [-0.39, 0.29) is 0 Å². The van der Waals surface area contributed by atoms with E-state index in [9.17, 15) is 10.1 Å². The van der Waals surface area contributed by atoms with E-state index in [1.54, 1.807) is 43.5 Å². The molecule has 1 N–H and O–H groups in total. The molecule has 2 aromatic carbocycles. The number of hydrazone groups is 1. The van der Waals surface area contributed by atoms with Crippen LogP contribution in [-0.2, 0) is 4.79 Å². The van der Waals surface area contributed by atoms with E-state index < -0.39 is 11.8 Å². The van der Waals surface area contributed by atoms with Gasteiger partial charge in [-0.25, -0.2) is 5.43 Å². The molecular weight excluding hydrogens is 386 g/mol. The molecule has 0 aliphatic heterocycles. The highest BCUT2D eigenvalue weighted by Gasteiger charge is 2.19. The molecular formula is C18H16BrN3O3. The van der Waals surface area contributed by atoms with Crippen LogP contribution in [0.3, 0.4) is 0 Å². The van der Waals surface area contributed by atoms with Gasteiger partial charge in [-0.3, -0.25) is 4.79 Å². The Hall–Kier alpha value is -2.85. The van der Waals surface area contributed by atoms with Gasteiger partial charge in [0.05, 0.1) is 31.0 Å². The Kier molecular flexibility index (Phi) is 6.54. The lowest BCUT2D eigenvalue weighted by molar-refractivity contribution is -0.121. The maximum absolute atomic E-state index is 12.2. The summed E-state index contributed by atoms with van der Waals surface area (Å²) in [7, 11) is 3.08. The molecule has 0 fully saturated rings. The molecule has 2 rings (SSSR count). The Morgan fingerprint density at radius 3 is 2.52 bits per heavy atom. The molecule has 0 radical (unpaired) electrons. The van der Waals surface area contributed by atoms with E-state index in [1.165, 1.54) is 13.3 Å². The van der Waals surface area contributed by atoms with Gasteiger partial charge in [0, 0.05) is 11.6 Å². The minimum Gasteiger partial charge on any atom is -0.496 e. The molecule has 0 spiro atoms. The molecule has 1 atom stereocenters. The molecule has 7 heteroatoms. The Morgan fingerprint density at radius 1 is 1.24 bits per heavy atom. The summed E-state index contributed by atoms with van der Waals surface area (Å²) in [4.78, 5) is 12.2.